The maximum atomic E-state index is 2.34. The fourth-order valence-electron chi connectivity index (χ4n) is 3.57. The van der Waals surface area contributed by atoms with Crippen molar-refractivity contribution in [1.29, 1.82) is 0 Å². The van der Waals surface area contributed by atoms with E-state index < -0.39 is 0 Å². The molecule has 94 valence electrons. The Hall–Kier alpha value is -0.366. The largest absolute Gasteiger partial charge is 0.325 e. The second kappa shape index (κ2) is 4.96. The first kappa shape index (κ1) is 14.1. The first-order chi connectivity index (χ1) is 8.07. The van der Waals surface area contributed by atoms with Gasteiger partial charge in [0, 0.05) is 34.6 Å². The van der Waals surface area contributed by atoms with E-state index in [-0.39, 0.29) is 21.7 Å². The van der Waals surface area contributed by atoms with Crippen molar-refractivity contribution in [2.24, 2.45) is 0 Å². The maximum absolute atomic E-state index is 2.34. The zero-order chi connectivity index (χ0) is 12.0. The fourth-order valence-corrected chi connectivity index (χ4v) is 3.57. The van der Waals surface area contributed by atoms with Crippen molar-refractivity contribution < 1.29 is 26.2 Å². The van der Waals surface area contributed by atoms with Crippen molar-refractivity contribution in [1.82, 2.24) is 0 Å². The van der Waals surface area contributed by atoms with Gasteiger partial charge in [-0.1, -0.05) is 24.3 Å². The number of hydrogen-bond acceptors (Lipinski definition) is 0. The molecule has 0 fully saturated rings. The topological polar surface area (TPSA) is 0 Å². The van der Waals surface area contributed by atoms with E-state index in [0.717, 1.165) is 10.5 Å². The van der Waals surface area contributed by atoms with E-state index in [1.54, 1.807) is 22.3 Å². The van der Waals surface area contributed by atoms with E-state index in [9.17, 15) is 0 Å². The van der Waals surface area contributed by atoms with Crippen LogP contribution in [0.2, 0.25) is 0 Å². The first-order valence-electron chi connectivity index (χ1n) is 6.68. The number of allylic oxidation sites excluding steroid dienone is 1. The Kier molecular flexibility index (Phi) is 3.87. The summed E-state index contributed by atoms with van der Waals surface area (Å²) in [6, 6.07) is 9.71. The number of rotatable bonds is 1. The van der Waals surface area contributed by atoms with Gasteiger partial charge in [0.25, 0.3) is 0 Å². The zero-order valence-corrected chi connectivity index (χ0v) is 13.2. The average molecular weight is 276 g/mol. The molecule has 0 N–H and O–H groups in total. The van der Waals surface area contributed by atoms with E-state index in [2.05, 4.69) is 45.4 Å². The maximum Gasteiger partial charge on any atom is 0.111 e. The molecule has 1 aromatic carbocycles. The standard InChI is InChI=1S/C16H22N.Ti/c1-17(2,3)16-10-6-9-14-13-8-5-4-7-12(13)11-15(14)16;/h4-5,7-8,16H,6,9-11H2,1-3H3;/q+1;. The molecule has 0 aliphatic heterocycles. The predicted molar refractivity (Wildman–Crippen MR) is 72.7 cm³/mol. The molecule has 2 heteroatoms. The van der Waals surface area contributed by atoms with Gasteiger partial charge in [-0.25, -0.2) is 0 Å². The van der Waals surface area contributed by atoms with Crippen LogP contribution in [-0.2, 0) is 28.1 Å². The fraction of sp³-hybridized carbons (Fsp3) is 0.500. The SMILES string of the molecule is C[N+](C)(C)C1CCCC2=C1Cc1ccccc12.[Ti]. The molecule has 18 heavy (non-hydrogen) atoms. The number of likely N-dealkylation sites (N-methyl/N-ethyl adjacent to an activating group) is 1. The molecule has 0 saturated carbocycles. The van der Waals surface area contributed by atoms with Gasteiger partial charge in [-0.3, -0.25) is 0 Å². The molecule has 0 bridgehead atoms. The van der Waals surface area contributed by atoms with Gasteiger partial charge in [0.15, 0.2) is 0 Å². The van der Waals surface area contributed by atoms with Gasteiger partial charge in [0.2, 0.25) is 0 Å². The minimum Gasteiger partial charge on any atom is -0.325 e. The Labute approximate surface area is 125 Å². The van der Waals surface area contributed by atoms with Crippen LogP contribution < -0.4 is 0 Å². The minimum absolute atomic E-state index is 0. The quantitative estimate of drug-likeness (QED) is 0.545. The van der Waals surface area contributed by atoms with E-state index in [4.69, 9.17) is 0 Å². The van der Waals surface area contributed by atoms with Crippen molar-refractivity contribution in [2.75, 3.05) is 21.1 Å². The summed E-state index contributed by atoms with van der Waals surface area (Å²) in [7, 11) is 7.01. The molecule has 0 aromatic heterocycles. The summed E-state index contributed by atoms with van der Waals surface area (Å²) in [5, 5.41) is 0. The minimum atomic E-state index is 0. The van der Waals surface area contributed by atoms with Gasteiger partial charge in [-0.05, 0) is 35.1 Å². The third-order valence-corrected chi connectivity index (χ3v) is 4.35. The van der Waals surface area contributed by atoms with Crippen molar-refractivity contribution >= 4 is 5.57 Å². The number of fused-ring (bicyclic) bond motifs is 2. The molecular weight excluding hydrogens is 254 g/mol. The van der Waals surface area contributed by atoms with Gasteiger partial charge in [-0.15, -0.1) is 0 Å². The van der Waals surface area contributed by atoms with E-state index in [1.165, 1.54) is 25.7 Å². The van der Waals surface area contributed by atoms with Gasteiger partial charge in [0.1, 0.15) is 6.04 Å². The molecule has 3 rings (SSSR count). The van der Waals surface area contributed by atoms with Crippen LogP contribution in [0, 0.1) is 0 Å². The van der Waals surface area contributed by atoms with Gasteiger partial charge in [-0.2, -0.15) is 0 Å². The van der Waals surface area contributed by atoms with Crippen LogP contribution in [0.1, 0.15) is 30.4 Å². The third-order valence-electron chi connectivity index (χ3n) is 4.35. The number of quaternary nitrogens is 1. The first-order valence-corrected chi connectivity index (χ1v) is 6.68. The summed E-state index contributed by atoms with van der Waals surface area (Å²) in [6.45, 7) is 0. The Bertz CT molecular complexity index is 482. The van der Waals surface area contributed by atoms with Crippen LogP contribution in [0.3, 0.4) is 0 Å². The number of benzene rings is 1. The second-order valence-corrected chi connectivity index (χ2v) is 6.36. The van der Waals surface area contributed by atoms with Crippen molar-refractivity contribution in [3.63, 3.8) is 0 Å². The monoisotopic (exact) mass is 276 g/mol. The van der Waals surface area contributed by atoms with Crippen molar-refractivity contribution in [3.05, 3.63) is 41.0 Å². The number of hydrogen-bond donors (Lipinski definition) is 0. The van der Waals surface area contributed by atoms with Crippen molar-refractivity contribution in [3.8, 4) is 0 Å². The molecule has 1 nitrogen and oxygen atoms in total. The Morgan fingerprint density at radius 1 is 1.11 bits per heavy atom. The summed E-state index contributed by atoms with van der Waals surface area (Å²) in [5.74, 6) is 0. The van der Waals surface area contributed by atoms with E-state index in [1.807, 2.05) is 0 Å². The zero-order valence-electron chi connectivity index (χ0n) is 11.7. The Morgan fingerprint density at radius 3 is 2.56 bits per heavy atom. The molecule has 0 heterocycles. The molecule has 0 spiro atoms. The van der Waals surface area contributed by atoms with Crippen LogP contribution in [0.25, 0.3) is 5.57 Å². The molecule has 1 atom stereocenters. The molecule has 0 radical (unpaired) electrons. The summed E-state index contributed by atoms with van der Waals surface area (Å²) in [5.41, 5.74) is 6.49. The van der Waals surface area contributed by atoms with Crippen LogP contribution >= 0.6 is 0 Å². The summed E-state index contributed by atoms with van der Waals surface area (Å²) >= 11 is 0. The number of nitrogens with zero attached hydrogens (tertiary/aromatic N) is 1. The van der Waals surface area contributed by atoms with Crippen LogP contribution in [0.15, 0.2) is 29.8 Å². The van der Waals surface area contributed by atoms with Crippen LogP contribution in [0.5, 0.6) is 0 Å². The third kappa shape index (κ3) is 2.24. The normalized spacial score (nSPS) is 22.3. The Balaban J connectivity index is 0.00000120. The Morgan fingerprint density at radius 2 is 1.83 bits per heavy atom. The van der Waals surface area contributed by atoms with Gasteiger partial charge in [0.05, 0.1) is 21.1 Å². The summed E-state index contributed by atoms with van der Waals surface area (Å²) in [6.07, 6.45) is 5.21. The van der Waals surface area contributed by atoms with Gasteiger partial charge >= 0.3 is 0 Å². The van der Waals surface area contributed by atoms with E-state index in [0.29, 0.717) is 0 Å². The van der Waals surface area contributed by atoms with Crippen LogP contribution in [0.4, 0.5) is 0 Å². The molecule has 0 amide bonds. The molecule has 0 saturated heterocycles. The smallest absolute Gasteiger partial charge is 0.111 e. The van der Waals surface area contributed by atoms with E-state index >= 15 is 0 Å². The molecule has 2 aliphatic rings. The van der Waals surface area contributed by atoms with Gasteiger partial charge < -0.3 is 4.48 Å². The van der Waals surface area contributed by atoms with Crippen molar-refractivity contribution in [2.45, 2.75) is 31.7 Å². The molecule has 1 aromatic rings. The molecule has 1 unspecified atom stereocenters. The average Bonchev–Trinajstić information content (AvgIpc) is 2.65. The summed E-state index contributed by atoms with van der Waals surface area (Å²) < 4.78 is 1.08. The van der Waals surface area contributed by atoms with Crippen LogP contribution in [-0.4, -0.2) is 31.7 Å². The molecular formula is C16H22NTi+. The molecule has 2 aliphatic carbocycles. The second-order valence-electron chi connectivity index (χ2n) is 6.36. The summed E-state index contributed by atoms with van der Waals surface area (Å²) in [4.78, 5) is 0. The predicted octanol–water partition coefficient (Wildman–Crippen LogP) is 3.25.